The quantitative estimate of drug-likeness (QED) is 0.815. The molecule has 0 aromatic heterocycles. The third kappa shape index (κ3) is 5.28. The van der Waals surface area contributed by atoms with Crippen molar-refractivity contribution in [2.75, 3.05) is 44.7 Å². The van der Waals surface area contributed by atoms with E-state index in [0.29, 0.717) is 6.54 Å². The summed E-state index contributed by atoms with van der Waals surface area (Å²) in [4.78, 5) is 13.9. The number of carbonyl (C=O) groups excluding carboxylic acids is 1. The highest BCUT2D eigenvalue weighted by atomic mass is 19.1. The van der Waals surface area contributed by atoms with Crippen LogP contribution in [0.4, 0.5) is 19.3 Å². The Labute approximate surface area is 122 Å². The molecule has 7 heteroatoms. The predicted octanol–water partition coefficient (Wildman–Crippen LogP) is 1.81. The van der Waals surface area contributed by atoms with E-state index in [2.05, 4.69) is 15.5 Å². The average Bonchev–Trinajstić information content (AvgIpc) is 2.48. The van der Waals surface area contributed by atoms with Crippen LogP contribution in [-0.2, 0) is 4.74 Å². The highest BCUT2D eigenvalue weighted by molar-refractivity contribution is 5.89. The van der Waals surface area contributed by atoms with Crippen LogP contribution in [0.15, 0.2) is 18.2 Å². The average molecular weight is 299 g/mol. The third-order valence-corrected chi connectivity index (χ3v) is 3.22. The van der Waals surface area contributed by atoms with Gasteiger partial charge in [0, 0.05) is 25.7 Å². The number of amides is 2. The molecule has 2 rings (SSSR count). The van der Waals surface area contributed by atoms with Crippen LogP contribution in [0.3, 0.4) is 0 Å². The van der Waals surface area contributed by atoms with Crippen molar-refractivity contribution in [2.45, 2.75) is 6.42 Å². The minimum Gasteiger partial charge on any atom is -0.379 e. The Morgan fingerprint density at radius 3 is 2.76 bits per heavy atom. The van der Waals surface area contributed by atoms with Crippen LogP contribution in [0.25, 0.3) is 0 Å². The van der Waals surface area contributed by atoms with Crippen molar-refractivity contribution >= 4 is 11.7 Å². The van der Waals surface area contributed by atoms with Gasteiger partial charge in [0.1, 0.15) is 11.6 Å². The standard InChI is InChI=1S/C14H19F2N3O2/c15-11-2-3-13(12(16)10-11)18-14(20)17-4-1-5-19-6-8-21-9-7-19/h2-3,10H,1,4-9H2,(H2,17,18,20). The lowest BCUT2D eigenvalue weighted by atomic mass is 10.3. The molecule has 1 saturated heterocycles. The Bertz CT molecular complexity index is 479. The van der Waals surface area contributed by atoms with E-state index in [1.807, 2.05) is 0 Å². The summed E-state index contributed by atoms with van der Waals surface area (Å²) in [6.07, 6.45) is 0.805. The van der Waals surface area contributed by atoms with Crippen molar-refractivity contribution in [2.24, 2.45) is 0 Å². The second kappa shape index (κ2) is 7.90. The number of benzene rings is 1. The van der Waals surface area contributed by atoms with Crippen molar-refractivity contribution < 1.29 is 18.3 Å². The maximum atomic E-state index is 13.3. The van der Waals surface area contributed by atoms with Gasteiger partial charge >= 0.3 is 6.03 Å². The zero-order chi connectivity index (χ0) is 15.1. The van der Waals surface area contributed by atoms with E-state index in [-0.39, 0.29) is 5.69 Å². The molecule has 21 heavy (non-hydrogen) atoms. The highest BCUT2D eigenvalue weighted by Gasteiger charge is 2.10. The van der Waals surface area contributed by atoms with E-state index in [1.54, 1.807) is 0 Å². The number of hydrogen-bond acceptors (Lipinski definition) is 3. The lowest BCUT2D eigenvalue weighted by Crippen LogP contribution is -2.38. The van der Waals surface area contributed by atoms with Crippen LogP contribution in [0.1, 0.15) is 6.42 Å². The molecule has 0 radical (unpaired) electrons. The summed E-state index contributed by atoms with van der Waals surface area (Å²) in [5.41, 5.74) is -0.0397. The Morgan fingerprint density at radius 1 is 1.29 bits per heavy atom. The fourth-order valence-electron chi connectivity index (χ4n) is 2.09. The Hall–Kier alpha value is -1.73. The highest BCUT2D eigenvalue weighted by Crippen LogP contribution is 2.14. The first-order chi connectivity index (χ1) is 10.1. The monoisotopic (exact) mass is 299 g/mol. The number of morpholine rings is 1. The van der Waals surface area contributed by atoms with Crippen LogP contribution in [0.5, 0.6) is 0 Å². The van der Waals surface area contributed by atoms with Crippen LogP contribution < -0.4 is 10.6 Å². The minimum absolute atomic E-state index is 0.0397. The molecule has 1 aliphatic heterocycles. The fraction of sp³-hybridized carbons (Fsp3) is 0.500. The van der Waals surface area contributed by atoms with Crippen molar-refractivity contribution in [1.82, 2.24) is 10.2 Å². The first-order valence-corrected chi connectivity index (χ1v) is 6.95. The molecule has 2 amide bonds. The molecule has 1 aromatic carbocycles. The van der Waals surface area contributed by atoms with E-state index in [4.69, 9.17) is 4.74 Å². The number of ether oxygens (including phenoxy) is 1. The maximum Gasteiger partial charge on any atom is 0.319 e. The molecule has 0 saturated carbocycles. The van der Waals surface area contributed by atoms with E-state index in [9.17, 15) is 13.6 Å². The molecule has 1 heterocycles. The molecular weight excluding hydrogens is 280 g/mol. The number of hydrogen-bond donors (Lipinski definition) is 2. The summed E-state index contributed by atoms with van der Waals surface area (Å²) in [5.74, 6) is -1.47. The van der Waals surface area contributed by atoms with Gasteiger partial charge in [0.15, 0.2) is 0 Å². The van der Waals surface area contributed by atoms with Crippen molar-refractivity contribution in [3.63, 3.8) is 0 Å². The number of anilines is 1. The summed E-state index contributed by atoms with van der Waals surface area (Å²) in [5, 5.41) is 4.99. The molecule has 1 fully saturated rings. The fourth-order valence-corrected chi connectivity index (χ4v) is 2.09. The SMILES string of the molecule is O=C(NCCCN1CCOCC1)Nc1ccc(F)cc1F. The second-order valence-corrected chi connectivity index (χ2v) is 4.81. The molecule has 5 nitrogen and oxygen atoms in total. The smallest absolute Gasteiger partial charge is 0.319 e. The second-order valence-electron chi connectivity index (χ2n) is 4.81. The number of halogens is 2. The number of carbonyl (C=O) groups is 1. The summed E-state index contributed by atoms with van der Waals surface area (Å²) in [7, 11) is 0. The molecule has 1 aromatic rings. The summed E-state index contributed by atoms with van der Waals surface area (Å²) < 4.78 is 31.3. The molecule has 116 valence electrons. The zero-order valence-electron chi connectivity index (χ0n) is 11.7. The minimum atomic E-state index is -0.793. The molecule has 0 atom stereocenters. The van der Waals surface area contributed by atoms with Gasteiger partial charge in [-0.1, -0.05) is 0 Å². The van der Waals surface area contributed by atoms with Gasteiger partial charge in [0.05, 0.1) is 18.9 Å². The van der Waals surface area contributed by atoms with Crippen LogP contribution in [0, 0.1) is 11.6 Å². The van der Waals surface area contributed by atoms with E-state index >= 15 is 0 Å². The normalized spacial score (nSPS) is 15.7. The number of urea groups is 1. The predicted molar refractivity (Wildman–Crippen MR) is 75.3 cm³/mol. The van der Waals surface area contributed by atoms with Crippen molar-refractivity contribution in [3.05, 3.63) is 29.8 Å². The third-order valence-electron chi connectivity index (χ3n) is 3.22. The number of nitrogens with one attached hydrogen (secondary N) is 2. The molecule has 2 N–H and O–H groups in total. The van der Waals surface area contributed by atoms with Crippen LogP contribution in [0.2, 0.25) is 0 Å². The van der Waals surface area contributed by atoms with Gasteiger partial charge in [-0.25, -0.2) is 13.6 Å². The van der Waals surface area contributed by atoms with E-state index in [1.165, 1.54) is 6.07 Å². The summed E-state index contributed by atoms with van der Waals surface area (Å²) in [6.45, 7) is 4.69. The zero-order valence-corrected chi connectivity index (χ0v) is 11.7. The van der Waals surface area contributed by atoms with E-state index < -0.39 is 17.7 Å². The Morgan fingerprint density at radius 2 is 2.05 bits per heavy atom. The first kappa shape index (κ1) is 15.7. The van der Waals surface area contributed by atoms with Gasteiger partial charge in [-0.05, 0) is 25.1 Å². The maximum absolute atomic E-state index is 13.3. The first-order valence-electron chi connectivity index (χ1n) is 6.95. The Kier molecular flexibility index (Phi) is 5.89. The van der Waals surface area contributed by atoms with Crippen molar-refractivity contribution in [3.8, 4) is 0 Å². The molecule has 0 bridgehead atoms. The van der Waals surface area contributed by atoms with Gasteiger partial charge in [0.2, 0.25) is 0 Å². The molecule has 0 unspecified atom stereocenters. The van der Waals surface area contributed by atoms with Gasteiger partial charge in [-0.15, -0.1) is 0 Å². The topological polar surface area (TPSA) is 53.6 Å². The van der Waals surface area contributed by atoms with Crippen molar-refractivity contribution in [1.29, 1.82) is 0 Å². The molecule has 1 aliphatic rings. The molecule has 0 spiro atoms. The van der Waals surface area contributed by atoms with Gasteiger partial charge in [-0.3, -0.25) is 4.90 Å². The van der Waals surface area contributed by atoms with Gasteiger partial charge in [0.25, 0.3) is 0 Å². The number of rotatable bonds is 5. The Balaban J connectivity index is 1.65. The largest absolute Gasteiger partial charge is 0.379 e. The summed E-state index contributed by atoms with van der Waals surface area (Å²) >= 11 is 0. The van der Waals surface area contributed by atoms with E-state index in [0.717, 1.165) is 51.4 Å². The number of nitrogens with zero attached hydrogens (tertiary/aromatic N) is 1. The summed E-state index contributed by atoms with van der Waals surface area (Å²) in [6, 6.07) is 2.52. The van der Waals surface area contributed by atoms with Gasteiger partial charge in [-0.2, -0.15) is 0 Å². The van der Waals surface area contributed by atoms with Crippen LogP contribution >= 0.6 is 0 Å². The lowest BCUT2D eigenvalue weighted by molar-refractivity contribution is 0.0375. The van der Waals surface area contributed by atoms with Gasteiger partial charge < -0.3 is 15.4 Å². The lowest BCUT2D eigenvalue weighted by Gasteiger charge is -2.26. The molecular formula is C14H19F2N3O2. The molecule has 0 aliphatic carbocycles. The van der Waals surface area contributed by atoms with Crippen LogP contribution in [-0.4, -0.2) is 50.3 Å².